The van der Waals surface area contributed by atoms with Crippen LogP contribution in [0.1, 0.15) is 55.5 Å². The van der Waals surface area contributed by atoms with Crippen LogP contribution in [-0.4, -0.2) is 41.8 Å². The lowest BCUT2D eigenvalue weighted by Crippen LogP contribution is -2.30. The number of thiocarbonyl (C=S) groups is 1. The molecule has 2 atom stereocenters. The number of hydrogen-bond donors (Lipinski definition) is 2. The van der Waals surface area contributed by atoms with Crippen LogP contribution in [0.3, 0.4) is 0 Å². The number of carbonyl (C=O) groups is 1. The Labute approximate surface area is 259 Å². The zero-order valence-electron chi connectivity index (χ0n) is 26.1. The van der Waals surface area contributed by atoms with Crippen LogP contribution in [0.2, 0.25) is 0 Å². The van der Waals surface area contributed by atoms with Gasteiger partial charge < -0.3 is 29.7 Å². The fourth-order valence-electron chi connectivity index (χ4n) is 5.58. The van der Waals surface area contributed by atoms with Gasteiger partial charge >= 0.3 is 0 Å². The Bertz CT molecular complexity index is 1640. The Morgan fingerprint density at radius 1 is 1.02 bits per heavy atom. The molecule has 1 saturated heterocycles. The highest BCUT2D eigenvalue weighted by molar-refractivity contribution is 7.80. The van der Waals surface area contributed by atoms with Crippen molar-refractivity contribution in [2.45, 2.75) is 46.7 Å². The molecule has 224 valence electrons. The van der Waals surface area contributed by atoms with Crippen LogP contribution in [-0.2, 0) is 4.79 Å². The summed E-state index contributed by atoms with van der Waals surface area (Å²) in [6.07, 6.45) is 1.81. The third kappa shape index (κ3) is 5.82. The molecule has 2 aromatic carbocycles. The predicted molar refractivity (Wildman–Crippen MR) is 179 cm³/mol. The number of methoxy groups -OCH3 is 1. The highest BCUT2D eigenvalue weighted by Crippen LogP contribution is 2.45. The molecular weight excluding hydrogens is 556 g/mol. The van der Waals surface area contributed by atoms with Gasteiger partial charge in [0.1, 0.15) is 5.75 Å². The van der Waals surface area contributed by atoms with Gasteiger partial charge in [0.2, 0.25) is 5.91 Å². The predicted octanol–water partition coefficient (Wildman–Crippen LogP) is 6.73. The van der Waals surface area contributed by atoms with Crippen LogP contribution in [0.15, 0.2) is 72.9 Å². The van der Waals surface area contributed by atoms with E-state index in [0.717, 1.165) is 39.7 Å². The fraction of sp³-hybridized carbons (Fsp3) is 0.324. The highest BCUT2D eigenvalue weighted by atomic mass is 32.1. The molecule has 0 radical (unpaired) electrons. The first kappa shape index (κ1) is 30.1. The SMILES string of the molecule is COc1cc(N2C(=S)N[C@H](c3ccccn3)[C@H]2c2cc(C)n(-c3ccc(N(C)C)cc3)c2C)ccc1NC(=O)C(C)(C)C. The molecule has 2 aromatic heterocycles. The fourth-order valence-corrected chi connectivity index (χ4v) is 5.92. The molecule has 3 heterocycles. The van der Waals surface area contributed by atoms with Crippen molar-refractivity contribution in [2.75, 3.05) is 36.3 Å². The van der Waals surface area contributed by atoms with Crippen LogP contribution >= 0.6 is 12.2 Å². The summed E-state index contributed by atoms with van der Waals surface area (Å²) in [6.45, 7) is 9.93. The molecule has 43 heavy (non-hydrogen) atoms. The lowest BCUT2D eigenvalue weighted by atomic mass is 9.95. The monoisotopic (exact) mass is 596 g/mol. The normalized spacial score (nSPS) is 16.7. The van der Waals surface area contributed by atoms with Gasteiger partial charge in [0.15, 0.2) is 5.11 Å². The molecule has 0 saturated carbocycles. The molecule has 4 aromatic rings. The van der Waals surface area contributed by atoms with Crippen molar-refractivity contribution >= 4 is 40.3 Å². The Balaban J connectivity index is 1.61. The Kier molecular flexibility index (Phi) is 8.21. The van der Waals surface area contributed by atoms with E-state index in [9.17, 15) is 4.79 Å². The topological polar surface area (TPSA) is 74.7 Å². The molecule has 9 heteroatoms. The van der Waals surface area contributed by atoms with Crippen molar-refractivity contribution in [3.63, 3.8) is 0 Å². The van der Waals surface area contributed by atoms with Gasteiger partial charge in [0, 0.05) is 60.2 Å². The van der Waals surface area contributed by atoms with E-state index in [1.807, 2.05) is 77.5 Å². The average Bonchev–Trinajstić information content (AvgIpc) is 3.47. The smallest absolute Gasteiger partial charge is 0.229 e. The molecule has 1 fully saturated rings. The molecule has 1 aliphatic rings. The molecule has 0 unspecified atom stereocenters. The number of hydrogen-bond acceptors (Lipinski definition) is 5. The number of aromatic nitrogens is 2. The third-order valence-electron chi connectivity index (χ3n) is 7.90. The van der Waals surface area contributed by atoms with E-state index in [2.05, 4.69) is 69.2 Å². The van der Waals surface area contributed by atoms with Gasteiger partial charge in [-0.05, 0) is 86.2 Å². The van der Waals surface area contributed by atoms with Crippen LogP contribution in [0.5, 0.6) is 5.75 Å². The summed E-state index contributed by atoms with van der Waals surface area (Å²) in [7, 11) is 5.69. The number of aryl methyl sites for hydroxylation is 1. The van der Waals surface area contributed by atoms with Gasteiger partial charge in [-0.2, -0.15) is 0 Å². The van der Waals surface area contributed by atoms with Crippen molar-refractivity contribution in [1.29, 1.82) is 0 Å². The Morgan fingerprint density at radius 2 is 1.72 bits per heavy atom. The molecule has 0 spiro atoms. The molecule has 0 aliphatic carbocycles. The zero-order chi connectivity index (χ0) is 31.1. The van der Waals surface area contributed by atoms with E-state index in [-0.39, 0.29) is 18.0 Å². The standard InChI is InChI=1S/C34H40N6O2S/c1-21-19-26(22(2)39(21)24-14-12-23(13-15-24)38(6)7)31-30(28-11-9-10-18-35-28)37-33(43)40(31)25-16-17-27(29(20-25)42-8)36-32(41)34(3,4)5/h9-20,30-31H,1-8H3,(H,36,41)(H,37,43)/t30-,31-/m1/s1. The third-order valence-corrected chi connectivity index (χ3v) is 8.22. The van der Waals surface area contributed by atoms with Gasteiger partial charge in [-0.15, -0.1) is 0 Å². The van der Waals surface area contributed by atoms with E-state index < -0.39 is 5.41 Å². The van der Waals surface area contributed by atoms with Crippen LogP contribution < -0.4 is 25.2 Å². The molecule has 1 amide bonds. The molecule has 1 aliphatic heterocycles. The first-order valence-corrected chi connectivity index (χ1v) is 14.8. The lowest BCUT2D eigenvalue weighted by molar-refractivity contribution is -0.123. The highest BCUT2D eigenvalue weighted by Gasteiger charge is 2.42. The summed E-state index contributed by atoms with van der Waals surface area (Å²) in [5, 5.41) is 7.16. The average molecular weight is 597 g/mol. The zero-order valence-corrected chi connectivity index (χ0v) is 26.9. The first-order valence-electron chi connectivity index (χ1n) is 14.4. The number of nitrogens with one attached hydrogen (secondary N) is 2. The van der Waals surface area contributed by atoms with Crippen molar-refractivity contribution in [2.24, 2.45) is 5.41 Å². The number of ether oxygens (including phenoxy) is 1. The number of anilines is 3. The van der Waals surface area contributed by atoms with Crippen molar-refractivity contribution in [3.8, 4) is 11.4 Å². The number of carbonyl (C=O) groups excluding carboxylic acids is 1. The number of benzene rings is 2. The summed E-state index contributed by atoms with van der Waals surface area (Å²) in [5.41, 5.74) is 7.46. The van der Waals surface area contributed by atoms with Crippen molar-refractivity contribution < 1.29 is 9.53 Å². The minimum Gasteiger partial charge on any atom is -0.494 e. The van der Waals surface area contributed by atoms with Crippen LogP contribution in [0.4, 0.5) is 17.1 Å². The van der Waals surface area contributed by atoms with Gasteiger partial charge in [0.25, 0.3) is 0 Å². The summed E-state index contributed by atoms with van der Waals surface area (Å²) in [5.74, 6) is 0.473. The number of nitrogens with zero attached hydrogens (tertiary/aromatic N) is 4. The number of rotatable bonds is 7. The Morgan fingerprint density at radius 3 is 2.33 bits per heavy atom. The van der Waals surface area contributed by atoms with Gasteiger partial charge in [-0.25, -0.2) is 0 Å². The summed E-state index contributed by atoms with van der Waals surface area (Å²) >= 11 is 5.99. The van der Waals surface area contributed by atoms with Crippen LogP contribution in [0.25, 0.3) is 5.69 Å². The number of amides is 1. The Hall–Kier alpha value is -4.37. The van der Waals surface area contributed by atoms with E-state index in [1.165, 1.54) is 0 Å². The van der Waals surface area contributed by atoms with Crippen LogP contribution in [0, 0.1) is 19.3 Å². The summed E-state index contributed by atoms with van der Waals surface area (Å²) in [4.78, 5) is 21.7. The summed E-state index contributed by atoms with van der Waals surface area (Å²) < 4.78 is 8.04. The van der Waals surface area contributed by atoms with Gasteiger partial charge in [-0.1, -0.05) is 26.8 Å². The van der Waals surface area contributed by atoms with Gasteiger partial charge in [-0.3, -0.25) is 9.78 Å². The molecular formula is C34H40N6O2S. The second-order valence-electron chi connectivity index (χ2n) is 12.2. The largest absolute Gasteiger partial charge is 0.494 e. The van der Waals surface area contributed by atoms with Crippen molar-refractivity contribution in [1.82, 2.24) is 14.9 Å². The maximum absolute atomic E-state index is 12.8. The molecule has 0 bridgehead atoms. The minimum absolute atomic E-state index is 0.0870. The van der Waals surface area contributed by atoms with E-state index in [1.54, 1.807) is 7.11 Å². The molecule has 8 nitrogen and oxygen atoms in total. The number of pyridine rings is 1. The van der Waals surface area contributed by atoms with Gasteiger partial charge in [0.05, 0.1) is 30.6 Å². The second-order valence-corrected chi connectivity index (χ2v) is 12.5. The maximum atomic E-state index is 12.8. The van der Waals surface area contributed by atoms with E-state index in [0.29, 0.717) is 16.5 Å². The quantitative estimate of drug-likeness (QED) is 0.229. The summed E-state index contributed by atoms with van der Waals surface area (Å²) in [6, 6.07) is 22.2. The van der Waals surface area contributed by atoms with Crippen molar-refractivity contribution in [3.05, 3.63) is 95.6 Å². The molecule has 5 rings (SSSR count). The lowest BCUT2D eigenvalue weighted by Gasteiger charge is -2.29. The van der Waals surface area contributed by atoms with E-state index in [4.69, 9.17) is 21.9 Å². The maximum Gasteiger partial charge on any atom is 0.229 e. The first-order chi connectivity index (χ1) is 20.4. The van der Waals surface area contributed by atoms with E-state index >= 15 is 0 Å². The molecule has 2 N–H and O–H groups in total. The second kappa shape index (κ2) is 11.7. The minimum atomic E-state index is -0.541.